The van der Waals surface area contributed by atoms with Crippen molar-refractivity contribution in [2.75, 3.05) is 40.1 Å². The summed E-state index contributed by atoms with van der Waals surface area (Å²) in [6, 6.07) is 14.1. The van der Waals surface area contributed by atoms with Crippen LogP contribution in [-0.4, -0.2) is 83.7 Å². The van der Waals surface area contributed by atoms with Gasteiger partial charge in [0, 0.05) is 91.5 Å². The quantitative estimate of drug-likeness (QED) is 0.183. The van der Waals surface area contributed by atoms with Gasteiger partial charge in [-0.3, -0.25) is 24.0 Å². The number of halogens is 1. The number of aliphatic hydroxyl groups excluding tert-OH is 1. The molecule has 290 valence electrons. The molecule has 14 heteroatoms. The van der Waals surface area contributed by atoms with E-state index in [1.807, 2.05) is 33.9 Å². The van der Waals surface area contributed by atoms with Crippen molar-refractivity contribution in [1.29, 1.82) is 0 Å². The second kappa shape index (κ2) is 15.4. The molecule has 2 N–H and O–H groups in total. The Labute approximate surface area is 328 Å². The zero-order valence-corrected chi connectivity index (χ0v) is 32.8. The number of thioether (sulfide) groups is 1. The number of ketones is 2. The van der Waals surface area contributed by atoms with Gasteiger partial charge < -0.3 is 34.1 Å². The molecule has 0 saturated carbocycles. The minimum Gasteiger partial charge on any atom is -0.507 e. The van der Waals surface area contributed by atoms with Crippen molar-refractivity contribution in [1.82, 2.24) is 14.8 Å². The molecule has 2 amide bonds. The van der Waals surface area contributed by atoms with Gasteiger partial charge in [0.1, 0.15) is 22.1 Å². The van der Waals surface area contributed by atoms with Gasteiger partial charge in [0.2, 0.25) is 23.2 Å². The molecule has 4 heterocycles. The molecular formula is C41H44ClN3O9S. The lowest BCUT2D eigenvalue weighted by atomic mass is 9.69. The first-order chi connectivity index (χ1) is 26.4. The van der Waals surface area contributed by atoms with Crippen molar-refractivity contribution in [3.63, 3.8) is 0 Å². The van der Waals surface area contributed by atoms with Crippen LogP contribution in [0.5, 0.6) is 17.2 Å². The van der Waals surface area contributed by atoms with Crippen LogP contribution in [0.3, 0.4) is 0 Å². The lowest BCUT2D eigenvalue weighted by molar-refractivity contribution is -0.134. The molecule has 4 aliphatic rings. The third-order valence-electron chi connectivity index (χ3n) is 11.5. The number of pyridine rings is 1. The van der Waals surface area contributed by atoms with Crippen molar-refractivity contribution >= 4 is 46.7 Å². The van der Waals surface area contributed by atoms with Crippen LogP contribution < -0.4 is 25.1 Å². The number of rotatable bonds is 11. The maximum absolute atomic E-state index is 14.4. The number of piperidine rings is 1. The van der Waals surface area contributed by atoms with Crippen LogP contribution in [0, 0.1) is 11.8 Å². The van der Waals surface area contributed by atoms with E-state index in [4.69, 9.17) is 25.8 Å². The lowest BCUT2D eigenvalue weighted by Crippen LogP contribution is -2.53. The first kappa shape index (κ1) is 38.5. The van der Waals surface area contributed by atoms with Gasteiger partial charge in [-0.05, 0) is 48.8 Å². The number of nitrogens with one attached hydrogen (secondary N) is 1. The van der Waals surface area contributed by atoms with Crippen molar-refractivity contribution in [3.8, 4) is 17.2 Å². The largest absolute Gasteiger partial charge is 0.507 e. The third-order valence-corrected chi connectivity index (χ3v) is 12.6. The molecule has 1 fully saturated rings. The third kappa shape index (κ3) is 6.79. The zero-order valence-electron chi connectivity index (χ0n) is 31.2. The molecular weight excluding hydrogens is 746 g/mol. The maximum Gasteiger partial charge on any atom is 0.250 e. The monoisotopic (exact) mass is 789 g/mol. The Bertz CT molecular complexity index is 2150. The van der Waals surface area contributed by atoms with Crippen molar-refractivity contribution in [3.05, 3.63) is 92.1 Å². The number of methoxy groups -OCH3 is 2. The number of carbonyl (C=O) groups excluding carboxylic acids is 4. The highest BCUT2D eigenvalue weighted by atomic mass is 35.5. The second-order valence-corrected chi connectivity index (χ2v) is 16.0. The number of Topliss-reactive ketones (excluding diaryl/α,β-unsaturated/α-hetero) is 2. The van der Waals surface area contributed by atoms with E-state index in [2.05, 4.69) is 5.32 Å². The number of carbonyl (C=O) groups is 4. The van der Waals surface area contributed by atoms with Gasteiger partial charge in [0.15, 0.2) is 17.3 Å². The van der Waals surface area contributed by atoms with E-state index in [1.165, 1.54) is 32.0 Å². The summed E-state index contributed by atoms with van der Waals surface area (Å²) in [5.74, 6) is -3.03. The number of likely N-dealkylation sites (tertiary alicyclic amines) is 1. The summed E-state index contributed by atoms with van der Waals surface area (Å²) in [5.41, 5.74) is -0.477. The summed E-state index contributed by atoms with van der Waals surface area (Å²) < 4.78 is 19.1. The van der Waals surface area contributed by atoms with E-state index in [0.29, 0.717) is 31.6 Å². The minimum atomic E-state index is -1.99. The van der Waals surface area contributed by atoms with Gasteiger partial charge in [-0.2, -0.15) is 0 Å². The molecule has 3 unspecified atom stereocenters. The number of allylic oxidation sites excluding steroid dienone is 1. The van der Waals surface area contributed by atoms with E-state index in [-0.39, 0.29) is 82.5 Å². The number of fused-ring (bicyclic) bond motifs is 5. The highest BCUT2D eigenvalue weighted by Gasteiger charge is 2.61. The molecule has 55 heavy (non-hydrogen) atoms. The molecule has 2 bridgehead atoms. The topological polar surface area (TPSA) is 153 Å². The van der Waals surface area contributed by atoms with Crippen LogP contribution in [0.2, 0.25) is 5.02 Å². The molecule has 1 aromatic heterocycles. The summed E-state index contributed by atoms with van der Waals surface area (Å²) in [6.07, 6.45) is 3.17. The zero-order chi connectivity index (χ0) is 39.2. The molecule has 1 spiro atoms. The van der Waals surface area contributed by atoms with Crippen molar-refractivity contribution in [2.24, 2.45) is 11.8 Å². The molecule has 5 atom stereocenters. The van der Waals surface area contributed by atoms with Crippen LogP contribution in [-0.2, 0) is 20.9 Å². The average molecular weight is 790 g/mol. The fraction of sp³-hybridized carbons (Fsp3) is 0.439. The number of aromatic nitrogens is 1. The van der Waals surface area contributed by atoms with Crippen LogP contribution in [0.25, 0.3) is 0 Å². The Morgan fingerprint density at radius 2 is 1.82 bits per heavy atom. The molecule has 0 radical (unpaired) electrons. The summed E-state index contributed by atoms with van der Waals surface area (Å²) in [5, 5.41) is 15.1. The normalized spacial score (nSPS) is 23.2. The summed E-state index contributed by atoms with van der Waals surface area (Å²) >= 11 is 8.16. The van der Waals surface area contributed by atoms with Crippen LogP contribution in [0.1, 0.15) is 72.5 Å². The van der Waals surface area contributed by atoms with E-state index < -0.39 is 40.7 Å². The Morgan fingerprint density at radius 3 is 2.53 bits per heavy atom. The summed E-state index contributed by atoms with van der Waals surface area (Å²) in [6.45, 7) is 3.62. The second-order valence-electron chi connectivity index (χ2n) is 14.7. The Morgan fingerprint density at radius 1 is 1.07 bits per heavy atom. The van der Waals surface area contributed by atoms with E-state index in [9.17, 15) is 29.1 Å². The number of benzene rings is 2. The highest BCUT2D eigenvalue weighted by Crippen LogP contribution is 2.56. The number of hydrogen-bond donors (Lipinski definition) is 2. The Kier molecular flexibility index (Phi) is 10.8. The number of aliphatic hydroxyl groups is 1. The fourth-order valence-corrected chi connectivity index (χ4v) is 9.42. The predicted octanol–water partition coefficient (Wildman–Crippen LogP) is 5.69. The van der Waals surface area contributed by atoms with Gasteiger partial charge in [-0.1, -0.05) is 36.7 Å². The van der Waals surface area contributed by atoms with E-state index >= 15 is 0 Å². The molecule has 3 aromatic rings. The molecule has 3 aliphatic heterocycles. The molecule has 1 saturated heterocycles. The highest BCUT2D eigenvalue weighted by molar-refractivity contribution is 7.98. The number of nitrogens with zero attached hydrogens (tertiary/aromatic N) is 2. The van der Waals surface area contributed by atoms with E-state index in [1.54, 1.807) is 31.2 Å². The fourth-order valence-electron chi connectivity index (χ4n) is 8.74. The molecule has 2 aromatic carbocycles. The SMILES string of the molecule is COc1cc(OC)c2c(c1Cl)OC1(C2=O)C(O)=C(C(CC(=O)NCCCC(=O)N2C[C@H]3C[C@@H](C2)c2cccc(=O)n2C3)c2ccc(SC)cc2)C(=O)CC1C. The van der Waals surface area contributed by atoms with Crippen LogP contribution in [0.15, 0.2) is 69.6 Å². The average Bonchev–Trinajstić information content (AvgIpc) is 3.50. The number of ether oxygens (including phenoxy) is 3. The van der Waals surface area contributed by atoms with Gasteiger partial charge >= 0.3 is 0 Å². The van der Waals surface area contributed by atoms with Gasteiger partial charge in [-0.25, -0.2) is 0 Å². The van der Waals surface area contributed by atoms with Crippen molar-refractivity contribution in [2.45, 2.75) is 67.9 Å². The van der Waals surface area contributed by atoms with Gasteiger partial charge in [0.05, 0.1) is 14.2 Å². The van der Waals surface area contributed by atoms with Gasteiger partial charge in [0.25, 0.3) is 5.56 Å². The van der Waals surface area contributed by atoms with E-state index in [0.717, 1.165) is 17.0 Å². The molecule has 1 aliphatic carbocycles. The predicted molar refractivity (Wildman–Crippen MR) is 207 cm³/mol. The standard InChI is InChI=1S/C41H44ClN3O9S/c1-22-15-29(46)35(39(50)41(22)40(51)36-30(52-2)18-31(53-3)37(42)38(36)54-41)27(24-10-12-26(55-4)13-11-24)17-32(47)43-14-6-9-33(48)44-19-23-16-25(21-44)28-7-5-8-34(49)45(28)20-23/h5,7-8,10-13,18,22-23,25,27,50H,6,9,14-17,19-21H2,1-4H3,(H,43,47)/t22?,23-,25+,27?,41?/m1/s1. The van der Waals surface area contributed by atoms with Crippen molar-refractivity contribution < 1.29 is 38.5 Å². The molecule has 12 nitrogen and oxygen atoms in total. The smallest absolute Gasteiger partial charge is 0.250 e. The van der Waals surface area contributed by atoms with Crippen LogP contribution in [0.4, 0.5) is 0 Å². The maximum atomic E-state index is 14.4. The number of hydrogen-bond acceptors (Lipinski definition) is 10. The Hall–Kier alpha value is -4.75. The van der Waals surface area contributed by atoms with Crippen LogP contribution >= 0.6 is 23.4 Å². The minimum absolute atomic E-state index is 0.00122. The first-order valence-corrected chi connectivity index (χ1v) is 20.0. The Balaban J connectivity index is 1.09. The summed E-state index contributed by atoms with van der Waals surface area (Å²) in [7, 11) is 2.80. The number of amides is 2. The summed E-state index contributed by atoms with van der Waals surface area (Å²) in [4.78, 5) is 70.5. The first-order valence-electron chi connectivity index (χ1n) is 18.4. The van der Waals surface area contributed by atoms with Gasteiger partial charge in [-0.15, -0.1) is 11.8 Å². The lowest BCUT2D eigenvalue weighted by Gasteiger charge is -2.42. The molecule has 7 rings (SSSR count).